The van der Waals surface area contributed by atoms with Crippen molar-refractivity contribution in [1.29, 1.82) is 0 Å². The molecule has 148 valence electrons. The van der Waals surface area contributed by atoms with Crippen LogP contribution in [-0.2, 0) is 20.9 Å². The monoisotopic (exact) mass is 388 g/mol. The van der Waals surface area contributed by atoms with E-state index in [4.69, 9.17) is 13.9 Å². The molecule has 2 aromatic rings. The Morgan fingerprint density at radius 1 is 1.21 bits per heavy atom. The van der Waals surface area contributed by atoms with Crippen molar-refractivity contribution in [1.82, 2.24) is 9.80 Å². The summed E-state index contributed by atoms with van der Waals surface area (Å²) in [5, 5.41) is 0.643. The first-order valence-corrected chi connectivity index (χ1v) is 8.71. The van der Waals surface area contributed by atoms with Gasteiger partial charge in [0.1, 0.15) is 24.5 Å². The summed E-state index contributed by atoms with van der Waals surface area (Å²) >= 11 is 0. The molecule has 1 fully saturated rings. The number of hydrogen-bond acceptors (Lipinski definition) is 7. The maximum Gasteiger partial charge on any atom is 0.336 e. The van der Waals surface area contributed by atoms with Crippen LogP contribution < -0.4 is 10.4 Å². The third-order valence-electron chi connectivity index (χ3n) is 4.42. The molecule has 1 saturated heterocycles. The lowest BCUT2D eigenvalue weighted by Gasteiger charge is -2.13. The number of fused-ring (bicyclic) bond motifs is 1. The van der Waals surface area contributed by atoms with Crippen molar-refractivity contribution in [2.75, 3.05) is 27.2 Å². The summed E-state index contributed by atoms with van der Waals surface area (Å²) in [4.78, 5) is 49.6. The first-order valence-electron chi connectivity index (χ1n) is 8.71. The number of benzene rings is 1. The van der Waals surface area contributed by atoms with Gasteiger partial charge in [-0.15, -0.1) is 0 Å². The van der Waals surface area contributed by atoms with Gasteiger partial charge in [-0.2, -0.15) is 0 Å². The summed E-state index contributed by atoms with van der Waals surface area (Å²) in [6.07, 6.45) is 0.354. The second-order valence-corrected chi connectivity index (χ2v) is 6.40. The Hall–Kier alpha value is -3.36. The SMILES string of the molecule is COc1ccc2c(COC(=O)CCCN3C(=O)CN(C)C3=O)cc(=O)oc2c1. The van der Waals surface area contributed by atoms with Crippen molar-refractivity contribution in [3.8, 4) is 5.75 Å². The minimum Gasteiger partial charge on any atom is -0.497 e. The Morgan fingerprint density at radius 3 is 2.68 bits per heavy atom. The lowest BCUT2D eigenvalue weighted by molar-refractivity contribution is -0.145. The van der Waals surface area contributed by atoms with Crippen molar-refractivity contribution in [2.45, 2.75) is 19.4 Å². The molecular weight excluding hydrogens is 368 g/mol. The number of ether oxygens (including phenoxy) is 2. The molecule has 0 bridgehead atoms. The number of rotatable bonds is 7. The number of carbonyl (C=O) groups is 3. The molecule has 1 aromatic heterocycles. The zero-order chi connectivity index (χ0) is 20.3. The molecule has 9 nitrogen and oxygen atoms in total. The molecule has 3 rings (SSSR count). The van der Waals surface area contributed by atoms with Crippen LogP contribution in [0.5, 0.6) is 5.75 Å². The van der Waals surface area contributed by atoms with Crippen LogP contribution in [0.3, 0.4) is 0 Å². The lowest BCUT2D eigenvalue weighted by atomic mass is 10.1. The number of esters is 1. The van der Waals surface area contributed by atoms with Crippen molar-refractivity contribution < 1.29 is 28.3 Å². The van der Waals surface area contributed by atoms with Crippen LogP contribution in [0.2, 0.25) is 0 Å². The molecule has 1 aliphatic heterocycles. The predicted molar refractivity (Wildman–Crippen MR) is 97.8 cm³/mol. The highest BCUT2D eigenvalue weighted by atomic mass is 16.5. The van der Waals surface area contributed by atoms with Gasteiger partial charge in [-0.25, -0.2) is 9.59 Å². The third-order valence-corrected chi connectivity index (χ3v) is 4.42. The molecule has 0 atom stereocenters. The molecule has 0 aliphatic carbocycles. The van der Waals surface area contributed by atoms with Crippen LogP contribution in [0.4, 0.5) is 4.79 Å². The van der Waals surface area contributed by atoms with Gasteiger partial charge in [0.05, 0.1) is 7.11 Å². The molecule has 0 N–H and O–H groups in total. The number of amides is 3. The fourth-order valence-corrected chi connectivity index (χ4v) is 2.96. The van der Waals surface area contributed by atoms with E-state index in [-0.39, 0.29) is 38.1 Å². The van der Waals surface area contributed by atoms with E-state index in [1.807, 2.05) is 0 Å². The smallest absolute Gasteiger partial charge is 0.336 e. The quantitative estimate of drug-likeness (QED) is 0.402. The Balaban J connectivity index is 1.57. The second-order valence-electron chi connectivity index (χ2n) is 6.40. The summed E-state index contributed by atoms with van der Waals surface area (Å²) in [6, 6.07) is 5.94. The van der Waals surface area contributed by atoms with Gasteiger partial charge in [0, 0.05) is 43.1 Å². The lowest BCUT2D eigenvalue weighted by Crippen LogP contribution is -2.32. The highest BCUT2D eigenvalue weighted by Crippen LogP contribution is 2.23. The van der Waals surface area contributed by atoms with E-state index in [0.29, 0.717) is 28.7 Å². The summed E-state index contributed by atoms with van der Waals surface area (Å²) in [6.45, 7) is 0.129. The molecular formula is C19H20N2O7. The second kappa shape index (κ2) is 8.12. The maximum absolute atomic E-state index is 12.0. The number of urea groups is 1. The number of imide groups is 1. The van der Waals surface area contributed by atoms with Gasteiger partial charge < -0.3 is 18.8 Å². The van der Waals surface area contributed by atoms with E-state index in [2.05, 4.69) is 0 Å². The normalized spacial score (nSPS) is 14.1. The van der Waals surface area contributed by atoms with Gasteiger partial charge in [-0.1, -0.05) is 0 Å². The first kappa shape index (κ1) is 19.4. The summed E-state index contributed by atoms with van der Waals surface area (Å²) in [5.41, 5.74) is 0.309. The number of carbonyl (C=O) groups excluding carboxylic acids is 3. The van der Waals surface area contributed by atoms with Gasteiger partial charge in [-0.05, 0) is 18.6 Å². The molecule has 0 unspecified atom stereocenters. The Labute approximate surface area is 160 Å². The van der Waals surface area contributed by atoms with Gasteiger partial charge in [-0.3, -0.25) is 14.5 Å². The Morgan fingerprint density at radius 2 is 2.00 bits per heavy atom. The van der Waals surface area contributed by atoms with Crippen molar-refractivity contribution in [3.63, 3.8) is 0 Å². The van der Waals surface area contributed by atoms with Crippen molar-refractivity contribution in [2.24, 2.45) is 0 Å². The van der Waals surface area contributed by atoms with Gasteiger partial charge >= 0.3 is 17.6 Å². The summed E-state index contributed by atoms with van der Waals surface area (Å²) < 4.78 is 15.5. The maximum atomic E-state index is 12.0. The fourth-order valence-electron chi connectivity index (χ4n) is 2.96. The van der Waals surface area contributed by atoms with E-state index in [0.717, 1.165) is 4.90 Å². The molecule has 0 saturated carbocycles. The average Bonchev–Trinajstić information content (AvgIpc) is 2.91. The number of hydrogen-bond donors (Lipinski definition) is 0. The molecule has 28 heavy (non-hydrogen) atoms. The topological polar surface area (TPSA) is 106 Å². The largest absolute Gasteiger partial charge is 0.497 e. The minimum atomic E-state index is -0.554. The predicted octanol–water partition coefficient (Wildman–Crippen LogP) is 1.52. The first-order chi connectivity index (χ1) is 13.4. The van der Waals surface area contributed by atoms with Gasteiger partial charge in [0.25, 0.3) is 0 Å². The molecule has 0 radical (unpaired) electrons. The standard InChI is InChI=1S/C19H20N2O7/c1-20-10-16(22)21(19(20)25)7-3-4-17(23)27-11-12-8-18(24)28-15-9-13(26-2)5-6-14(12)15/h5-6,8-9H,3-4,7,10-11H2,1-2H3. The number of methoxy groups -OCH3 is 1. The third kappa shape index (κ3) is 4.13. The Bertz CT molecular complexity index is 982. The molecule has 1 aliphatic rings. The van der Waals surface area contributed by atoms with Crippen LogP contribution in [0.1, 0.15) is 18.4 Å². The highest BCUT2D eigenvalue weighted by molar-refractivity contribution is 6.01. The molecule has 1 aromatic carbocycles. The van der Waals surface area contributed by atoms with E-state index < -0.39 is 11.6 Å². The van der Waals surface area contributed by atoms with E-state index in [1.165, 1.54) is 18.1 Å². The molecule has 0 spiro atoms. The number of likely N-dealkylation sites (N-methyl/N-ethyl adjacent to an activating group) is 1. The summed E-state index contributed by atoms with van der Waals surface area (Å²) in [7, 11) is 3.05. The minimum absolute atomic E-state index is 0.0496. The highest BCUT2D eigenvalue weighted by Gasteiger charge is 2.32. The zero-order valence-electron chi connectivity index (χ0n) is 15.6. The van der Waals surface area contributed by atoms with Crippen LogP contribution in [0.25, 0.3) is 11.0 Å². The van der Waals surface area contributed by atoms with Crippen molar-refractivity contribution in [3.05, 3.63) is 40.2 Å². The molecule has 9 heteroatoms. The summed E-state index contributed by atoms with van der Waals surface area (Å²) in [5.74, 6) is -0.220. The van der Waals surface area contributed by atoms with Crippen LogP contribution in [-0.4, -0.2) is 55.0 Å². The van der Waals surface area contributed by atoms with Crippen molar-refractivity contribution >= 4 is 28.9 Å². The zero-order valence-corrected chi connectivity index (χ0v) is 15.6. The van der Waals surface area contributed by atoms with Gasteiger partial charge in [0.2, 0.25) is 5.91 Å². The van der Waals surface area contributed by atoms with Crippen LogP contribution >= 0.6 is 0 Å². The average molecular weight is 388 g/mol. The number of nitrogens with zero attached hydrogens (tertiary/aromatic N) is 2. The van der Waals surface area contributed by atoms with Crippen LogP contribution in [0, 0.1) is 0 Å². The molecule has 2 heterocycles. The van der Waals surface area contributed by atoms with Gasteiger partial charge in [0.15, 0.2) is 0 Å². The molecule has 3 amide bonds. The fraction of sp³-hybridized carbons (Fsp3) is 0.368. The van der Waals surface area contributed by atoms with E-state index >= 15 is 0 Å². The van der Waals surface area contributed by atoms with E-state index in [9.17, 15) is 19.2 Å². The van der Waals surface area contributed by atoms with Crippen LogP contribution in [0.15, 0.2) is 33.5 Å². The van der Waals surface area contributed by atoms with E-state index in [1.54, 1.807) is 25.2 Å². The Kier molecular flexibility index (Phi) is 5.62.